The first-order valence-electron chi connectivity index (χ1n) is 11.3. The maximum absolute atomic E-state index is 13.0. The Morgan fingerprint density at radius 2 is 1.79 bits per heavy atom. The molecule has 182 valence electrons. The summed E-state index contributed by atoms with van der Waals surface area (Å²) in [4.78, 5) is 72.8. The number of piperidine rings is 1. The van der Waals surface area contributed by atoms with Gasteiger partial charge in [0.25, 0.3) is 17.7 Å². The van der Waals surface area contributed by atoms with Crippen molar-refractivity contribution in [3.63, 3.8) is 0 Å². The van der Waals surface area contributed by atoms with Crippen molar-refractivity contribution in [2.75, 3.05) is 13.2 Å². The Labute approximate surface area is 195 Å². The standard InChI is InChI=1S/C23H27N3O8/c27-17-11-10-15(21(31)25-17)26-22(32)14-7-6-8-16(20(14)23(26)33)34-13-18(28)24-12-5-3-1-2-4-9-19(29)30/h6-8,15H,1-5,9-13H2,(H,24,28)(H,29,30)(H,25,27,31). The van der Waals surface area contributed by atoms with Crippen molar-refractivity contribution in [1.29, 1.82) is 0 Å². The lowest BCUT2D eigenvalue weighted by Gasteiger charge is -2.27. The van der Waals surface area contributed by atoms with Gasteiger partial charge in [0, 0.05) is 19.4 Å². The normalized spacial score (nSPS) is 17.4. The summed E-state index contributed by atoms with van der Waals surface area (Å²) in [6.45, 7) is 0.0870. The molecule has 0 aromatic heterocycles. The van der Waals surface area contributed by atoms with Gasteiger partial charge in [-0.25, -0.2) is 0 Å². The predicted molar refractivity (Wildman–Crippen MR) is 117 cm³/mol. The number of imide groups is 2. The topological polar surface area (TPSA) is 159 Å². The Kier molecular flexibility index (Phi) is 8.34. The highest BCUT2D eigenvalue weighted by Crippen LogP contribution is 2.33. The number of carboxylic acid groups (broad SMARTS) is 1. The maximum Gasteiger partial charge on any atom is 0.303 e. The van der Waals surface area contributed by atoms with Gasteiger partial charge in [0.15, 0.2) is 6.61 Å². The number of aliphatic carboxylic acids is 1. The number of nitrogens with one attached hydrogen (secondary N) is 2. The summed E-state index contributed by atoms with van der Waals surface area (Å²) in [5.74, 6) is -3.62. The van der Waals surface area contributed by atoms with Crippen molar-refractivity contribution in [2.24, 2.45) is 0 Å². The highest BCUT2D eigenvalue weighted by molar-refractivity contribution is 6.24. The highest BCUT2D eigenvalue weighted by atomic mass is 16.5. The summed E-state index contributed by atoms with van der Waals surface area (Å²) in [7, 11) is 0. The number of ether oxygens (including phenoxy) is 1. The molecular weight excluding hydrogens is 446 g/mol. The molecule has 0 radical (unpaired) electrons. The number of carbonyl (C=O) groups is 6. The monoisotopic (exact) mass is 473 g/mol. The molecule has 0 bridgehead atoms. The van der Waals surface area contributed by atoms with Gasteiger partial charge in [-0.1, -0.05) is 25.3 Å². The van der Waals surface area contributed by atoms with Crippen LogP contribution in [0.3, 0.4) is 0 Å². The van der Waals surface area contributed by atoms with Crippen molar-refractivity contribution in [3.8, 4) is 5.75 Å². The zero-order chi connectivity index (χ0) is 24.7. The van der Waals surface area contributed by atoms with Gasteiger partial charge in [0.2, 0.25) is 11.8 Å². The van der Waals surface area contributed by atoms with Crippen molar-refractivity contribution >= 4 is 35.5 Å². The zero-order valence-corrected chi connectivity index (χ0v) is 18.6. The molecule has 1 fully saturated rings. The van der Waals surface area contributed by atoms with Crippen LogP contribution < -0.4 is 15.4 Å². The number of unbranched alkanes of at least 4 members (excludes halogenated alkanes) is 4. The minimum Gasteiger partial charge on any atom is -0.483 e. The molecule has 2 aliphatic heterocycles. The van der Waals surface area contributed by atoms with E-state index < -0.39 is 35.6 Å². The van der Waals surface area contributed by atoms with Gasteiger partial charge >= 0.3 is 5.97 Å². The largest absolute Gasteiger partial charge is 0.483 e. The van der Waals surface area contributed by atoms with Crippen LogP contribution in [0.5, 0.6) is 5.75 Å². The van der Waals surface area contributed by atoms with Crippen LogP contribution in [0.4, 0.5) is 0 Å². The van der Waals surface area contributed by atoms with Gasteiger partial charge in [-0.3, -0.25) is 39.0 Å². The second-order valence-electron chi connectivity index (χ2n) is 8.18. The van der Waals surface area contributed by atoms with Gasteiger partial charge in [0.05, 0.1) is 11.1 Å². The summed E-state index contributed by atoms with van der Waals surface area (Å²) in [6.07, 6.45) is 4.19. The third-order valence-corrected chi connectivity index (χ3v) is 5.68. The highest BCUT2D eigenvalue weighted by Gasteiger charge is 2.46. The average molecular weight is 473 g/mol. The molecular formula is C23H27N3O8. The average Bonchev–Trinajstić information content (AvgIpc) is 3.05. The summed E-state index contributed by atoms with van der Waals surface area (Å²) >= 11 is 0. The van der Waals surface area contributed by atoms with Crippen molar-refractivity contribution in [3.05, 3.63) is 29.3 Å². The summed E-state index contributed by atoms with van der Waals surface area (Å²) in [6, 6.07) is 3.37. The molecule has 1 saturated heterocycles. The van der Waals surface area contributed by atoms with E-state index in [1.54, 1.807) is 0 Å². The number of hydrogen-bond donors (Lipinski definition) is 3. The van der Waals surface area contributed by atoms with Crippen LogP contribution in [0.25, 0.3) is 0 Å². The molecule has 0 aliphatic carbocycles. The quantitative estimate of drug-likeness (QED) is 0.300. The van der Waals surface area contributed by atoms with Crippen LogP contribution in [0.1, 0.15) is 72.1 Å². The smallest absolute Gasteiger partial charge is 0.303 e. The third kappa shape index (κ3) is 5.97. The van der Waals surface area contributed by atoms with E-state index in [0.29, 0.717) is 13.0 Å². The lowest BCUT2D eigenvalue weighted by molar-refractivity contribution is -0.138. The number of carbonyl (C=O) groups excluding carboxylic acids is 5. The molecule has 3 rings (SSSR count). The van der Waals surface area contributed by atoms with Crippen molar-refractivity contribution in [1.82, 2.24) is 15.5 Å². The molecule has 1 atom stereocenters. The molecule has 0 saturated carbocycles. The van der Waals surface area contributed by atoms with E-state index in [2.05, 4.69) is 10.6 Å². The fourth-order valence-corrected chi connectivity index (χ4v) is 3.96. The van der Waals surface area contributed by atoms with Gasteiger partial charge in [0.1, 0.15) is 11.8 Å². The number of hydrogen-bond acceptors (Lipinski definition) is 7. The lowest BCUT2D eigenvalue weighted by atomic mass is 10.0. The van der Waals surface area contributed by atoms with Crippen LogP contribution in [0.15, 0.2) is 18.2 Å². The number of rotatable bonds is 12. The van der Waals surface area contributed by atoms with Gasteiger partial charge in [-0.05, 0) is 31.4 Å². The number of amides is 5. The molecule has 34 heavy (non-hydrogen) atoms. The molecule has 1 aromatic rings. The number of fused-ring (bicyclic) bond motifs is 1. The first-order valence-corrected chi connectivity index (χ1v) is 11.3. The molecule has 2 heterocycles. The van der Waals surface area contributed by atoms with E-state index in [9.17, 15) is 28.8 Å². The van der Waals surface area contributed by atoms with E-state index >= 15 is 0 Å². The fourth-order valence-electron chi connectivity index (χ4n) is 3.96. The Balaban J connectivity index is 1.49. The van der Waals surface area contributed by atoms with Crippen LogP contribution in [-0.2, 0) is 19.2 Å². The van der Waals surface area contributed by atoms with E-state index in [0.717, 1.165) is 30.6 Å². The second kappa shape index (κ2) is 11.4. The predicted octanol–water partition coefficient (Wildman–Crippen LogP) is 1.01. The number of nitrogens with zero attached hydrogens (tertiary/aromatic N) is 1. The van der Waals surface area contributed by atoms with Crippen LogP contribution in [0, 0.1) is 0 Å². The van der Waals surface area contributed by atoms with E-state index in [1.807, 2.05) is 0 Å². The van der Waals surface area contributed by atoms with E-state index in [4.69, 9.17) is 9.84 Å². The third-order valence-electron chi connectivity index (χ3n) is 5.68. The summed E-state index contributed by atoms with van der Waals surface area (Å²) in [5.41, 5.74) is 0.0712. The second-order valence-corrected chi connectivity index (χ2v) is 8.18. The number of carboxylic acids is 1. The van der Waals surface area contributed by atoms with E-state index in [1.165, 1.54) is 18.2 Å². The molecule has 1 unspecified atom stereocenters. The van der Waals surface area contributed by atoms with Gasteiger partial charge in [-0.15, -0.1) is 0 Å². The molecule has 5 amide bonds. The summed E-state index contributed by atoms with van der Waals surface area (Å²) in [5, 5.41) is 13.4. The Morgan fingerprint density at radius 1 is 1.06 bits per heavy atom. The molecule has 1 aromatic carbocycles. The first kappa shape index (κ1) is 24.9. The Morgan fingerprint density at radius 3 is 2.53 bits per heavy atom. The molecule has 11 heteroatoms. The van der Waals surface area contributed by atoms with Gasteiger partial charge in [-0.2, -0.15) is 0 Å². The Hall–Kier alpha value is -3.76. The van der Waals surface area contributed by atoms with Gasteiger partial charge < -0.3 is 15.2 Å². The lowest BCUT2D eigenvalue weighted by Crippen LogP contribution is -2.54. The maximum atomic E-state index is 13.0. The molecule has 2 aliphatic rings. The minimum atomic E-state index is -1.08. The molecule has 0 spiro atoms. The number of benzene rings is 1. The SMILES string of the molecule is O=C(O)CCCCCCCNC(=O)COc1cccc2c1C(=O)N(C1CCC(=O)NC1=O)C2=O. The van der Waals surface area contributed by atoms with Crippen molar-refractivity contribution < 1.29 is 38.6 Å². The minimum absolute atomic E-state index is 0.00800. The molecule has 11 nitrogen and oxygen atoms in total. The van der Waals surface area contributed by atoms with Crippen LogP contribution in [0.2, 0.25) is 0 Å². The van der Waals surface area contributed by atoms with E-state index in [-0.39, 0.29) is 48.7 Å². The fraction of sp³-hybridized carbons (Fsp3) is 0.478. The zero-order valence-electron chi connectivity index (χ0n) is 18.6. The first-order chi connectivity index (χ1) is 16.3. The Bertz CT molecular complexity index is 1010. The van der Waals surface area contributed by atoms with Crippen molar-refractivity contribution in [2.45, 2.75) is 57.4 Å². The van der Waals surface area contributed by atoms with Crippen LogP contribution >= 0.6 is 0 Å². The molecule has 3 N–H and O–H groups in total. The van der Waals surface area contributed by atoms with Crippen LogP contribution in [-0.4, -0.2) is 64.7 Å². The summed E-state index contributed by atoms with van der Waals surface area (Å²) < 4.78 is 5.52.